The topological polar surface area (TPSA) is 73.8 Å². The van der Waals surface area contributed by atoms with Gasteiger partial charge in [0.2, 0.25) is 0 Å². The molecule has 7 nitrogen and oxygen atoms in total. The second-order valence-corrected chi connectivity index (χ2v) is 14.9. The van der Waals surface area contributed by atoms with Crippen LogP contribution in [0.3, 0.4) is 0 Å². The second-order valence-electron chi connectivity index (χ2n) is 14.9. The van der Waals surface area contributed by atoms with Crippen molar-refractivity contribution in [1.29, 1.82) is 0 Å². The number of rotatable bonds is 5. The third-order valence-electron chi connectivity index (χ3n) is 10.8. The number of pyridine rings is 4. The summed E-state index contributed by atoms with van der Waals surface area (Å²) in [5.74, 6) is 1.63. The quantitative estimate of drug-likeness (QED) is 0.0978. The van der Waals surface area contributed by atoms with Crippen LogP contribution in [0.1, 0.15) is 54.5 Å². The number of nitrogens with zero attached hydrogens (tertiary/aromatic N) is 7. The molecule has 0 atom stereocenters. The van der Waals surface area contributed by atoms with E-state index in [9.17, 15) is 0 Å². The van der Waals surface area contributed by atoms with Gasteiger partial charge in [-0.25, -0.2) is 11.1 Å². The molecule has 0 amide bonds. The van der Waals surface area contributed by atoms with Crippen molar-refractivity contribution in [3.05, 3.63) is 186 Å². The van der Waals surface area contributed by atoms with Gasteiger partial charge in [0.05, 0.1) is 16.6 Å². The average molecular weight is 893 g/mol. The van der Waals surface area contributed by atoms with Crippen LogP contribution >= 0.6 is 0 Å². The number of para-hydroxylation sites is 1. The maximum absolute atomic E-state index is 5.36. The van der Waals surface area contributed by atoms with Crippen molar-refractivity contribution in [2.45, 2.75) is 38.5 Å². The molecule has 0 bridgehead atoms. The van der Waals surface area contributed by atoms with Gasteiger partial charge in [0.15, 0.2) is 0 Å². The van der Waals surface area contributed by atoms with Crippen LogP contribution < -0.4 is 0 Å². The Morgan fingerprint density at radius 1 is 0.600 bits per heavy atom. The van der Waals surface area contributed by atoms with E-state index >= 15 is 0 Å². The third kappa shape index (κ3) is 5.25. The number of fused-ring (bicyclic) bond motifs is 9. The first-order valence-electron chi connectivity index (χ1n) is 18.2. The minimum absolute atomic E-state index is 0. The summed E-state index contributed by atoms with van der Waals surface area (Å²) < 4.78 is 4.31. The molecule has 0 aliphatic heterocycles. The molecular formula is C47H35N7Pt. The summed E-state index contributed by atoms with van der Waals surface area (Å²) in [5.41, 5.74) is 7.60. The molecule has 6 heterocycles. The number of aromatic nitrogens is 7. The van der Waals surface area contributed by atoms with E-state index in [1.165, 1.54) is 5.56 Å². The zero-order chi connectivity index (χ0) is 36.6. The molecule has 0 unspecified atom stereocenters. The normalized spacial score (nSPS) is 12.2. The molecule has 10 aromatic rings. The van der Waals surface area contributed by atoms with Crippen molar-refractivity contribution in [2.75, 3.05) is 0 Å². The maximum atomic E-state index is 5.36. The first-order chi connectivity index (χ1) is 26.3. The standard InChI is InChI=1S/C47H35N7.Pt/c1-30-51-52-45-38-25-34(19-20-35(38)36-17-11-12-18-40(36)53(30)45)47(31-13-7-5-8-14-31,32-15-9-6-10-16-32)43-27-41-39(28-50-43)37-22-23-48-29-42(37)54(41)44-26-33(21-24-49-44)46(2,3)4;/h5-24,26,28-29H,1-4H3;/q-2;+2. The van der Waals surface area contributed by atoms with E-state index in [-0.39, 0.29) is 26.5 Å². The van der Waals surface area contributed by atoms with Gasteiger partial charge in [0.1, 0.15) is 11.6 Å². The zero-order valence-corrected chi connectivity index (χ0v) is 33.0. The smallest absolute Gasteiger partial charge is 0.330 e. The summed E-state index contributed by atoms with van der Waals surface area (Å²) >= 11 is 0. The van der Waals surface area contributed by atoms with Crippen molar-refractivity contribution in [3.63, 3.8) is 0 Å². The predicted octanol–water partition coefficient (Wildman–Crippen LogP) is 9.90. The first-order valence-corrected chi connectivity index (χ1v) is 18.2. The zero-order valence-electron chi connectivity index (χ0n) is 30.7. The molecule has 0 radical (unpaired) electrons. The fourth-order valence-electron chi connectivity index (χ4n) is 8.20. The van der Waals surface area contributed by atoms with Gasteiger partial charge in [-0.05, 0) is 64.5 Å². The van der Waals surface area contributed by atoms with E-state index in [1.807, 2.05) is 37.8 Å². The van der Waals surface area contributed by atoms with Crippen LogP contribution in [-0.4, -0.2) is 34.1 Å². The molecule has 0 aliphatic rings. The van der Waals surface area contributed by atoms with E-state index in [2.05, 4.69) is 161 Å². The molecule has 6 aromatic heterocycles. The van der Waals surface area contributed by atoms with Gasteiger partial charge in [0, 0.05) is 24.1 Å². The Balaban J connectivity index is 0.00000397. The summed E-state index contributed by atoms with van der Waals surface area (Å²) in [7, 11) is 0. The fraction of sp³-hybridized carbons (Fsp3) is 0.128. The number of hydrogen-bond donors (Lipinski definition) is 0. The van der Waals surface area contributed by atoms with Crippen LogP contribution in [0, 0.1) is 19.1 Å². The predicted molar refractivity (Wildman–Crippen MR) is 215 cm³/mol. The Morgan fingerprint density at radius 3 is 2.05 bits per heavy atom. The molecule has 8 heteroatoms. The van der Waals surface area contributed by atoms with Crippen LogP contribution in [0.4, 0.5) is 0 Å². The maximum Gasteiger partial charge on any atom is 2.00 e. The Kier molecular flexibility index (Phi) is 8.25. The minimum Gasteiger partial charge on any atom is -0.330 e. The summed E-state index contributed by atoms with van der Waals surface area (Å²) in [6, 6.07) is 48.2. The fourth-order valence-corrected chi connectivity index (χ4v) is 8.20. The summed E-state index contributed by atoms with van der Waals surface area (Å²) in [6.45, 7) is 8.66. The number of aryl methyl sites for hydroxylation is 1. The molecule has 0 fully saturated rings. The van der Waals surface area contributed by atoms with Gasteiger partial charge < -0.3 is 8.97 Å². The SMILES string of the molecule is Cc1nnc2c3[c-]c(C(c4ccccc4)(c4ccccc4)c4[c-]c5c(cn4)c4ccncc4n5-c4cc(C(C)(C)C)ccn4)ccc3c3ccccc3n12.[Pt+2]. The first kappa shape index (κ1) is 34.7. The molecule has 0 saturated heterocycles. The van der Waals surface area contributed by atoms with Crippen molar-refractivity contribution in [2.24, 2.45) is 0 Å². The summed E-state index contributed by atoms with van der Waals surface area (Å²) in [6.07, 6.45) is 7.62. The van der Waals surface area contributed by atoms with Crippen LogP contribution in [0.2, 0.25) is 0 Å². The van der Waals surface area contributed by atoms with Crippen molar-refractivity contribution < 1.29 is 21.1 Å². The molecule has 268 valence electrons. The van der Waals surface area contributed by atoms with E-state index in [1.54, 1.807) is 0 Å². The van der Waals surface area contributed by atoms with Gasteiger partial charge in [-0.15, -0.1) is 39.8 Å². The number of hydrogen-bond acceptors (Lipinski definition) is 5. The van der Waals surface area contributed by atoms with Crippen molar-refractivity contribution in [1.82, 2.24) is 34.1 Å². The number of benzene rings is 4. The van der Waals surface area contributed by atoms with E-state index in [0.717, 1.165) is 83.2 Å². The molecule has 55 heavy (non-hydrogen) atoms. The Hall–Kier alpha value is -6.04. The van der Waals surface area contributed by atoms with Crippen molar-refractivity contribution in [3.8, 4) is 5.82 Å². The van der Waals surface area contributed by atoms with Gasteiger partial charge in [0.25, 0.3) is 0 Å². The Labute approximate surface area is 333 Å². The second kappa shape index (κ2) is 13.1. The van der Waals surface area contributed by atoms with Crippen LogP contribution in [0.5, 0.6) is 0 Å². The molecule has 0 spiro atoms. The minimum atomic E-state index is -0.928. The molecule has 4 aromatic carbocycles. The monoisotopic (exact) mass is 892 g/mol. The van der Waals surface area contributed by atoms with Gasteiger partial charge in [-0.3, -0.25) is 9.97 Å². The summed E-state index contributed by atoms with van der Waals surface area (Å²) in [4.78, 5) is 14.8. The molecular weight excluding hydrogens is 858 g/mol. The Morgan fingerprint density at radius 2 is 1.31 bits per heavy atom. The van der Waals surface area contributed by atoms with Gasteiger partial charge in [-0.2, -0.15) is 5.10 Å². The summed E-state index contributed by atoms with van der Waals surface area (Å²) in [5, 5.41) is 14.3. The van der Waals surface area contributed by atoms with Gasteiger partial charge in [-0.1, -0.05) is 122 Å². The molecule has 0 saturated carbocycles. The Bertz CT molecular complexity index is 3010. The van der Waals surface area contributed by atoms with Crippen LogP contribution in [0.15, 0.2) is 140 Å². The molecule has 0 aliphatic carbocycles. The van der Waals surface area contributed by atoms with Crippen LogP contribution in [0.25, 0.3) is 54.9 Å². The van der Waals surface area contributed by atoms with E-state index < -0.39 is 5.41 Å². The third-order valence-corrected chi connectivity index (χ3v) is 10.8. The largest absolute Gasteiger partial charge is 2.00 e. The van der Waals surface area contributed by atoms with E-state index in [0.29, 0.717) is 0 Å². The molecule has 0 N–H and O–H groups in total. The van der Waals surface area contributed by atoms with Crippen molar-refractivity contribution >= 4 is 49.1 Å². The van der Waals surface area contributed by atoms with Crippen LogP contribution in [-0.2, 0) is 31.9 Å². The van der Waals surface area contributed by atoms with E-state index in [4.69, 9.17) is 15.1 Å². The van der Waals surface area contributed by atoms with Gasteiger partial charge >= 0.3 is 21.1 Å². The molecule has 10 rings (SSSR count). The average Bonchev–Trinajstić information content (AvgIpc) is 3.77.